The van der Waals surface area contributed by atoms with E-state index in [0.29, 0.717) is 4.34 Å². The summed E-state index contributed by atoms with van der Waals surface area (Å²) in [6, 6.07) is 8.82. The second-order valence-corrected chi connectivity index (χ2v) is 6.58. The minimum absolute atomic E-state index is 0.0706. The van der Waals surface area contributed by atoms with Crippen LogP contribution in [0.4, 0.5) is 13.2 Å². The van der Waals surface area contributed by atoms with Gasteiger partial charge in [0.1, 0.15) is 0 Å². The van der Waals surface area contributed by atoms with E-state index in [2.05, 4.69) is 5.32 Å². The van der Waals surface area contributed by atoms with Crippen LogP contribution in [0.15, 0.2) is 36.4 Å². The molecule has 0 saturated carbocycles. The Morgan fingerprint density at radius 1 is 1.05 bits per heavy atom. The number of halogens is 4. The number of rotatable bonds is 4. The van der Waals surface area contributed by atoms with Gasteiger partial charge in [0.15, 0.2) is 0 Å². The van der Waals surface area contributed by atoms with Gasteiger partial charge in [-0.3, -0.25) is 0 Å². The number of hydrogen-bond donors (Lipinski definition) is 1. The van der Waals surface area contributed by atoms with Crippen LogP contribution in [-0.2, 0) is 6.18 Å². The van der Waals surface area contributed by atoms with Crippen molar-refractivity contribution in [3.8, 4) is 0 Å². The molecule has 2 rings (SSSR count). The van der Waals surface area contributed by atoms with E-state index in [1.165, 1.54) is 23.5 Å². The summed E-state index contributed by atoms with van der Waals surface area (Å²) in [5.41, 5.74) is -0.346. The summed E-state index contributed by atoms with van der Waals surface area (Å²) in [5.74, 6) is 0. The van der Waals surface area contributed by atoms with Gasteiger partial charge in [-0.15, -0.1) is 11.3 Å². The first-order valence-corrected chi connectivity index (χ1v) is 7.66. The highest BCUT2D eigenvalue weighted by Crippen LogP contribution is 2.35. The summed E-state index contributed by atoms with van der Waals surface area (Å²) in [4.78, 5) is 0.997. The van der Waals surface area contributed by atoms with Crippen LogP contribution in [0.5, 0.6) is 0 Å². The SMILES string of the molecule is CC(NC(C)c1ccccc1C(F)(F)F)c1ccc(Cl)s1. The highest BCUT2D eigenvalue weighted by atomic mass is 35.5. The van der Waals surface area contributed by atoms with Crippen molar-refractivity contribution in [2.75, 3.05) is 0 Å². The third kappa shape index (κ3) is 3.99. The van der Waals surface area contributed by atoms with E-state index in [0.717, 1.165) is 10.9 Å². The van der Waals surface area contributed by atoms with Gasteiger partial charge in [-0.05, 0) is 37.6 Å². The molecule has 0 aliphatic rings. The zero-order valence-electron chi connectivity index (χ0n) is 11.5. The molecular weight excluding hydrogens is 319 g/mol. The predicted molar refractivity (Wildman–Crippen MR) is 80.7 cm³/mol. The second kappa shape index (κ2) is 6.38. The Hall–Kier alpha value is -1.04. The van der Waals surface area contributed by atoms with Crippen LogP contribution in [0.1, 0.15) is 41.9 Å². The van der Waals surface area contributed by atoms with Crippen molar-refractivity contribution < 1.29 is 13.2 Å². The van der Waals surface area contributed by atoms with Crippen molar-refractivity contribution >= 4 is 22.9 Å². The van der Waals surface area contributed by atoms with Crippen molar-refractivity contribution in [2.24, 2.45) is 0 Å². The summed E-state index contributed by atoms with van der Waals surface area (Å²) in [6.45, 7) is 3.64. The minimum Gasteiger partial charge on any atom is -0.303 e. The zero-order chi connectivity index (χ0) is 15.6. The van der Waals surface area contributed by atoms with E-state index in [1.54, 1.807) is 19.1 Å². The van der Waals surface area contributed by atoms with Crippen molar-refractivity contribution in [1.82, 2.24) is 5.32 Å². The third-order valence-electron chi connectivity index (χ3n) is 3.25. The molecule has 6 heteroatoms. The summed E-state index contributed by atoms with van der Waals surface area (Å²) in [5, 5.41) is 3.19. The van der Waals surface area contributed by atoms with Gasteiger partial charge in [0.2, 0.25) is 0 Å². The lowest BCUT2D eigenvalue weighted by Crippen LogP contribution is -2.24. The molecule has 0 radical (unpaired) electrons. The molecule has 21 heavy (non-hydrogen) atoms. The summed E-state index contributed by atoms with van der Waals surface area (Å²) in [6.07, 6.45) is -4.35. The van der Waals surface area contributed by atoms with Crippen LogP contribution in [-0.4, -0.2) is 0 Å². The van der Waals surface area contributed by atoms with E-state index in [9.17, 15) is 13.2 Å². The maximum atomic E-state index is 13.0. The lowest BCUT2D eigenvalue weighted by molar-refractivity contribution is -0.138. The van der Waals surface area contributed by atoms with Crippen molar-refractivity contribution in [3.63, 3.8) is 0 Å². The molecule has 0 spiro atoms. The Labute approximate surface area is 130 Å². The Balaban J connectivity index is 2.19. The van der Waals surface area contributed by atoms with E-state index < -0.39 is 17.8 Å². The number of hydrogen-bond acceptors (Lipinski definition) is 2. The monoisotopic (exact) mass is 333 g/mol. The zero-order valence-corrected chi connectivity index (χ0v) is 13.1. The summed E-state index contributed by atoms with van der Waals surface area (Å²) in [7, 11) is 0. The van der Waals surface area contributed by atoms with Crippen molar-refractivity contribution in [3.05, 3.63) is 56.7 Å². The Kier molecular flexibility index (Phi) is 4.96. The molecule has 1 aromatic carbocycles. The molecule has 0 aliphatic carbocycles. The maximum absolute atomic E-state index is 13.0. The Bertz CT molecular complexity index is 609. The number of nitrogens with one attached hydrogen (secondary N) is 1. The number of thiophene rings is 1. The third-order valence-corrected chi connectivity index (χ3v) is 4.67. The van der Waals surface area contributed by atoms with E-state index in [4.69, 9.17) is 11.6 Å². The fourth-order valence-corrected chi connectivity index (χ4v) is 3.31. The van der Waals surface area contributed by atoms with Crippen LogP contribution in [0.2, 0.25) is 4.34 Å². The average molecular weight is 334 g/mol. The normalized spacial score (nSPS) is 15.0. The molecular formula is C15H15ClF3NS. The Morgan fingerprint density at radius 2 is 1.71 bits per heavy atom. The lowest BCUT2D eigenvalue weighted by Gasteiger charge is -2.22. The molecule has 0 aliphatic heterocycles. The first-order chi connectivity index (χ1) is 9.79. The first-order valence-electron chi connectivity index (χ1n) is 6.46. The maximum Gasteiger partial charge on any atom is 0.416 e. The highest BCUT2D eigenvalue weighted by Gasteiger charge is 2.34. The second-order valence-electron chi connectivity index (χ2n) is 4.84. The van der Waals surface area contributed by atoms with E-state index in [1.807, 2.05) is 13.0 Å². The van der Waals surface area contributed by atoms with Gasteiger partial charge < -0.3 is 5.32 Å². The standard InChI is InChI=1S/C15H15ClF3NS/c1-9(20-10(2)13-7-8-14(16)21-13)11-5-3-4-6-12(11)15(17,18)19/h3-10,20H,1-2H3. The fourth-order valence-electron chi connectivity index (χ4n) is 2.24. The summed E-state index contributed by atoms with van der Waals surface area (Å²) < 4.78 is 39.8. The van der Waals surface area contributed by atoms with Gasteiger partial charge in [0.05, 0.1) is 9.90 Å². The minimum atomic E-state index is -4.35. The molecule has 0 amide bonds. The van der Waals surface area contributed by atoms with Gasteiger partial charge in [0, 0.05) is 17.0 Å². The first kappa shape index (κ1) is 16.3. The van der Waals surface area contributed by atoms with Crippen LogP contribution < -0.4 is 5.32 Å². The molecule has 1 N–H and O–H groups in total. The van der Waals surface area contributed by atoms with E-state index in [-0.39, 0.29) is 11.6 Å². The van der Waals surface area contributed by atoms with Crippen molar-refractivity contribution in [1.29, 1.82) is 0 Å². The van der Waals surface area contributed by atoms with Gasteiger partial charge >= 0.3 is 6.18 Å². The van der Waals surface area contributed by atoms with E-state index >= 15 is 0 Å². The number of alkyl halides is 3. The summed E-state index contributed by atoms with van der Waals surface area (Å²) >= 11 is 7.31. The molecule has 2 aromatic rings. The molecule has 0 saturated heterocycles. The fraction of sp³-hybridized carbons (Fsp3) is 0.333. The van der Waals surface area contributed by atoms with Gasteiger partial charge in [0.25, 0.3) is 0 Å². The molecule has 0 fully saturated rings. The van der Waals surface area contributed by atoms with Crippen LogP contribution in [0, 0.1) is 0 Å². The van der Waals surface area contributed by atoms with Crippen LogP contribution >= 0.6 is 22.9 Å². The number of benzene rings is 1. The molecule has 1 aromatic heterocycles. The Morgan fingerprint density at radius 3 is 2.29 bits per heavy atom. The molecule has 2 unspecified atom stereocenters. The molecule has 0 bridgehead atoms. The predicted octanol–water partition coefficient (Wildman–Crippen LogP) is 5.83. The smallest absolute Gasteiger partial charge is 0.303 e. The quantitative estimate of drug-likeness (QED) is 0.742. The topological polar surface area (TPSA) is 12.0 Å². The van der Waals surface area contributed by atoms with Crippen molar-refractivity contribution in [2.45, 2.75) is 32.1 Å². The van der Waals surface area contributed by atoms with Gasteiger partial charge in [-0.1, -0.05) is 29.8 Å². The van der Waals surface area contributed by atoms with Gasteiger partial charge in [-0.25, -0.2) is 0 Å². The van der Waals surface area contributed by atoms with Crippen LogP contribution in [0.25, 0.3) is 0 Å². The van der Waals surface area contributed by atoms with Crippen LogP contribution in [0.3, 0.4) is 0 Å². The molecule has 2 atom stereocenters. The average Bonchev–Trinajstić information content (AvgIpc) is 2.84. The molecule has 1 nitrogen and oxygen atoms in total. The largest absolute Gasteiger partial charge is 0.416 e. The lowest BCUT2D eigenvalue weighted by atomic mass is 10.0. The molecule has 114 valence electrons. The van der Waals surface area contributed by atoms with Gasteiger partial charge in [-0.2, -0.15) is 13.2 Å². The highest BCUT2D eigenvalue weighted by molar-refractivity contribution is 7.16. The molecule has 1 heterocycles.